The average Bonchev–Trinajstić information content (AvgIpc) is 2.88. The van der Waals surface area contributed by atoms with Gasteiger partial charge in [0.25, 0.3) is 0 Å². The third kappa shape index (κ3) is 8.68. The van der Waals surface area contributed by atoms with Crippen molar-refractivity contribution in [1.29, 1.82) is 0 Å². The van der Waals surface area contributed by atoms with Crippen LogP contribution in [0.5, 0.6) is 5.75 Å². The van der Waals surface area contributed by atoms with Crippen LogP contribution in [0.25, 0.3) is 22.3 Å². The topological polar surface area (TPSA) is 61.8 Å². The molecule has 3 aromatic carbocycles. The molecule has 8 heteroatoms. The monoisotopic (exact) mass is 510 g/mol. The van der Waals surface area contributed by atoms with E-state index in [0.717, 1.165) is 23.3 Å². The normalized spacial score (nSPS) is 10.9. The first kappa shape index (κ1) is 27.3. The number of ether oxygens (including phenoxy) is 3. The lowest BCUT2D eigenvalue weighted by atomic mass is 9.97. The van der Waals surface area contributed by atoms with Crippen molar-refractivity contribution in [3.63, 3.8) is 0 Å². The molecule has 3 rings (SSSR count). The Morgan fingerprint density at radius 2 is 1.08 bits per heavy atom. The van der Waals surface area contributed by atoms with Crippen molar-refractivity contribution in [2.24, 2.45) is 0 Å². The van der Waals surface area contributed by atoms with Gasteiger partial charge >= 0.3 is 18.3 Å². The molecule has 0 aliphatic carbocycles. The maximum Gasteiger partial charge on any atom is 0.573 e. The summed E-state index contributed by atoms with van der Waals surface area (Å²) in [5.74, 6) is -1.34. The maximum absolute atomic E-state index is 13.0. The Hall–Kier alpha value is -4.33. The zero-order chi connectivity index (χ0) is 26.8. The summed E-state index contributed by atoms with van der Waals surface area (Å²) in [6.07, 6.45) is -1.69. The summed E-state index contributed by atoms with van der Waals surface area (Å²) in [5, 5.41) is 0. The fourth-order valence-corrected chi connectivity index (χ4v) is 3.51. The Morgan fingerprint density at radius 3 is 1.43 bits per heavy atom. The van der Waals surface area contributed by atoms with Gasteiger partial charge in [-0.05, 0) is 51.6 Å². The van der Waals surface area contributed by atoms with Crippen LogP contribution in [-0.2, 0) is 31.9 Å². The van der Waals surface area contributed by atoms with Gasteiger partial charge in [-0.1, -0.05) is 61.7 Å². The number of benzene rings is 3. The summed E-state index contributed by atoms with van der Waals surface area (Å²) in [6, 6.07) is 18.9. The van der Waals surface area contributed by atoms with Crippen LogP contribution in [0.1, 0.15) is 11.1 Å². The molecule has 0 atom stereocenters. The summed E-state index contributed by atoms with van der Waals surface area (Å²) < 4.78 is 53.2. The number of hydrogen-bond donors (Lipinski definition) is 0. The molecule has 0 spiro atoms. The van der Waals surface area contributed by atoms with E-state index >= 15 is 0 Å². The van der Waals surface area contributed by atoms with E-state index in [4.69, 9.17) is 9.47 Å². The first-order valence-corrected chi connectivity index (χ1v) is 11.3. The minimum Gasteiger partial charge on any atom is -0.462 e. The second-order valence-electron chi connectivity index (χ2n) is 7.93. The Labute approximate surface area is 212 Å². The second-order valence-corrected chi connectivity index (χ2v) is 7.93. The summed E-state index contributed by atoms with van der Waals surface area (Å²) in [7, 11) is 0. The van der Waals surface area contributed by atoms with Crippen LogP contribution >= 0.6 is 0 Å². The Bertz CT molecular complexity index is 1160. The van der Waals surface area contributed by atoms with E-state index in [0.29, 0.717) is 35.1 Å². The molecule has 0 heterocycles. The first-order chi connectivity index (χ1) is 17.7. The molecule has 192 valence electrons. The van der Waals surface area contributed by atoms with Gasteiger partial charge in [0, 0.05) is 25.0 Å². The predicted octanol–water partition coefficient (Wildman–Crippen LogP) is 6.46. The number of carbonyl (C=O) groups excluding carboxylic acids is 2. The van der Waals surface area contributed by atoms with E-state index in [-0.39, 0.29) is 19.0 Å². The molecule has 0 amide bonds. The van der Waals surface area contributed by atoms with Crippen molar-refractivity contribution < 1.29 is 37.0 Å². The van der Waals surface area contributed by atoms with Crippen LogP contribution < -0.4 is 4.74 Å². The van der Waals surface area contributed by atoms with Gasteiger partial charge in [0.15, 0.2) is 0 Å². The number of alkyl halides is 3. The van der Waals surface area contributed by atoms with E-state index in [9.17, 15) is 22.8 Å². The molecule has 0 unspecified atom stereocenters. The van der Waals surface area contributed by atoms with Crippen LogP contribution in [0, 0.1) is 0 Å². The fraction of sp³-hybridized carbons (Fsp3) is 0.172. The lowest BCUT2D eigenvalue weighted by Crippen LogP contribution is -2.17. The van der Waals surface area contributed by atoms with Gasteiger partial charge in [-0.15, -0.1) is 13.2 Å². The zero-order valence-corrected chi connectivity index (χ0v) is 19.9. The van der Waals surface area contributed by atoms with Crippen molar-refractivity contribution >= 4 is 11.9 Å². The Balaban J connectivity index is 1.82. The van der Waals surface area contributed by atoms with E-state index in [2.05, 4.69) is 17.9 Å². The van der Waals surface area contributed by atoms with Crippen LogP contribution in [-0.4, -0.2) is 31.5 Å². The predicted molar refractivity (Wildman–Crippen MR) is 134 cm³/mol. The fourth-order valence-electron chi connectivity index (χ4n) is 3.51. The van der Waals surface area contributed by atoms with Gasteiger partial charge in [0.05, 0.1) is 13.2 Å². The summed E-state index contributed by atoms with van der Waals surface area (Å²) in [5.41, 5.74) is 4.28. The molecule has 37 heavy (non-hydrogen) atoms. The molecule has 0 N–H and O–H groups in total. The third-order valence-electron chi connectivity index (χ3n) is 5.32. The van der Waals surface area contributed by atoms with Crippen LogP contribution in [0.2, 0.25) is 0 Å². The molecule has 5 nitrogen and oxygen atoms in total. The van der Waals surface area contributed by atoms with Gasteiger partial charge in [-0.25, -0.2) is 9.59 Å². The van der Waals surface area contributed by atoms with Crippen molar-refractivity contribution in [3.05, 3.63) is 103 Å². The molecule has 0 saturated heterocycles. The largest absolute Gasteiger partial charge is 0.573 e. The van der Waals surface area contributed by atoms with E-state index in [1.54, 1.807) is 30.3 Å². The van der Waals surface area contributed by atoms with Crippen LogP contribution in [0.4, 0.5) is 13.2 Å². The number of esters is 2. The minimum atomic E-state index is -4.84. The lowest BCUT2D eigenvalue weighted by molar-refractivity contribution is -0.274. The van der Waals surface area contributed by atoms with Crippen molar-refractivity contribution in [3.8, 4) is 28.0 Å². The standard InChI is InChI=1S/C29H25F3O5/c1-3-27(33)35-15-13-20-5-9-22(10-6-20)24-17-25(19-26(18-24)37-29(30,31)32)23-11-7-21(8-12-23)14-16-36-28(34)4-2/h3-12,17-19H,1-2,13-16H2. The number of rotatable bonds is 11. The highest BCUT2D eigenvalue weighted by Crippen LogP contribution is 2.34. The molecule has 0 fully saturated rings. The number of hydrogen-bond acceptors (Lipinski definition) is 5. The lowest BCUT2D eigenvalue weighted by Gasteiger charge is -2.14. The molecule has 0 bridgehead atoms. The van der Waals surface area contributed by atoms with Crippen LogP contribution in [0.15, 0.2) is 92.0 Å². The maximum atomic E-state index is 13.0. The highest BCUT2D eigenvalue weighted by molar-refractivity contribution is 5.81. The van der Waals surface area contributed by atoms with E-state index < -0.39 is 18.3 Å². The summed E-state index contributed by atoms with van der Waals surface area (Å²) >= 11 is 0. The zero-order valence-electron chi connectivity index (χ0n) is 19.9. The number of carbonyl (C=O) groups is 2. The number of halogens is 3. The van der Waals surface area contributed by atoms with Gasteiger partial charge in [0.2, 0.25) is 0 Å². The SMILES string of the molecule is C=CC(=O)OCCc1ccc(-c2cc(OC(F)(F)F)cc(-c3ccc(CCOC(=O)C=C)cc3)c2)cc1. The van der Waals surface area contributed by atoms with Crippen molar-refractivity contribution in [2.75, 3.05) is 13.2 Å². The Morgan fingerprint density at radius 1 is 0.676 bits per heavy atom. The molecular weight excluding hydrogens is 485 g/mol. The van der Waals surface area contributed by atoms with Gasteiger partial charge < -0.3 is 14.2 Å². The molecule has 0 saturated carbocycles. The van der Waals surface area contributed by atoms with E-state index in [1.807, 2.05) is 24.3 Å². The molecule has 0 aliphatic rings. The highest BCUT2D eigenvalue weighted by Gasteiger charge is 2.31. The molecular formula is C29H25F3O5. The second kappa shape index (κ2) is 12.6. The van der Waals surface area contributed by atoms with E-state index in [1.165, 1.54) is 12.1 Å². The van der Waals surface area contributed by atoms with Crippen LogP contribution in [0.3, 0.4) is 0 Å². The Kier molecular flexibility index (Phi) is 9.27. The summed E-state index contributed by atoms with van der Waals surface area (Å²) in [4.78, 5) is 22.3. The van der Waals surface area contributed by atoms with Crippen molar-refractivity contribution in [2.45, 2.75) is 19.2 Å². The highest BCUT2D eigenvalue weighted by atomic mass is 19.4. The molecule has 0 aliphatic heterocycles. The van der Waals surface area contributed by atoms with Gasteiger partial charge in [0.1, 0.15) is 5.75 Å². The first-order valence-electron chi connectivity index (χ1n) is 11.3. The smallest absolute Gasteiger partial charge is 0.462 e. The van der Waals surface area contributed by atoms with Gasteiger partial charge in [-0.2, -0.15) is 0 Å². The van der Waals surface area contributed by atoms with Gasteiger partial charge in [-0.3, -0.25) is 0 Å². The average molecular weight is 511 g/mol. The third-order valence-corrected chi connectivity index (χ3v) is 5.32. The molecule has 0 radical (unpaired) electrons. The van der Waals surface area contributed by atoms with Crippen molar-refractivity contribution in [1.82, 2.24) is 0 Å². The minimum absolute atomic E-state index is 0.190. The summed E-state index contributed by atoms with van der Waals surface area (Å²) in [6.45, 7) is 7.06. The molecule has 3 aromatic rings. The molecule has 0 aromatic heterocycles. The quantitative estimate of drug-likeness (QED) is 0.219.